The van der Waals surface area contributed by atoms with E-state index in [1.807, 2.05) is 4.90 Å². The second-order valence-corrected chi connectivity index (χ2v) is 6.08. The van der Waals surface area contributed by atoms with Gasteiger partial charge in [0.2, 0.25) is 0 Å². The van der Waals surface area contributed by atoms with Crippen LogP contribution in [0.2, 0.25) is 0 Å². The number of aliphatic carboxylic acids is 2. The standard InChI is InChI=1S/C15H26N4O7/c20-10-9-16-1-3-17(11-13(21)22)5-7-19(15(25)26)8-6-18(4-2-16)12-14(23)24/h10H,1-9,11-12H2,(H,21,22)(H,23,24)(H,25,26). The average Bonchev–Trinajstić information content (AvgIpc) is 2.53. The lowest BCUT2D eigenvalue weighted by atomic mass is 10.3. The van der Waals surface area contributed by atoms with Crippen molar-refractivity contribution in [2.75, 3.05) is 72.0 Å². The highest BCUT2D eigenvalue weighted by Gasteiger charge is 2.20. The molecule has 148 valence electrons. The lowest BCUT2D eigenvalue weighted by Gasteiger charge is -2.32. The summed E-state index contributed by atoms with van der Waals surface area (Å²) in [4.78, 5) is 50.5. The van der Waals surface area contributed by atoms with Gasteiger partial charge in [-0.25, -0.2) is 4.79 Å². The van der Waals surface area contributed by atoms with Crippen molar-refractivity contribution in [2.45, 2.75) is 0 Å². The molecule has 1 fully saturated rings. The second kappa shape index (κ2) is 11.4. The summed E-state index contributed by atoms with van der Waals surface area (Å²) in [6.07, 6.45) is -0.378. The van der Waals surface area contributed by atoms with Crippen LogP contribution < -0.4 is 0 Å². The first-order chi connectivity index (χ1) is 12.3. The van der Waals surface area contributed by atoms with E-state index in [9.17, 15) is 24.3 Å². The molecule has 1 aliphatic heterocycles. The van der Waals surface area contributed by atoms with Crippen LogP contribution in [0.4, 0.5) is 4.79 Å². The lowest BCUT2D eigenvalue weighted by Crippen LogP contribution is -2.48. The van der Waals surface area contributed by atoms with E-state index in [2.05, 4.69) is 0 Å². The highest BCUT2D eigenvalue weighted by molar-refractivity contribution is 5.69. The Morgan fingerprint density at radius 2 is 1.08 bits per heavy atom. The Morgan fingerprint density at radius 3 is 1.42 bits per heavy atom. The zero-order valence-electron chi connectivity index (χ0n) is 14.6. The third kappa shape index (κ3) is 8.74. The SMILES string of the molecule is O=CCN1CCN(CC(=O)O)CCN(C(=O)O)CCN(CC(=O)O)CC1. The highest BCUT2D eigenvalue weighted by Crippen LogP contribution is 2.01. The Labute approximate surface area is 151 Å². The van der Waals surface area contributed by atoms with E-state index in [-0.39, 0.29) is 45.8 Å². The van der Waals surface area contributed by atoms with Crippen molar-refractivity contribution in [2.24, 2.45) is 0 Å². The number of aldehydes is 1. The van der Waals surface area contributed by atoms with Crippen molar-refractivity contribution in [3.8, 4) is 0 Å². The Hall–Kier alpha value is -2.24. The quantitative estimate of drug-likeness (QED) is 0.458. The van der Waals surface area contributed by atoms with Crippen molar-refractivity contribution >= 4 is 24.3 Å². The maximum atomic E-state index is 11.4. The predicted octanol–water partition coefficient (Wildman–Crippen LogP) is -1.75. The van der Waals surface area contributed by atoms with Gasteiger partial charge < -0.3 is 25.0 Å². The summed E-state index contributed by atoms with van der Waals surface area (Å²) in [6.45, 7) is 2.07. The minimum Gasteiger partial charge on any atom is -0.480 e. The fraction of sp³-hybridized carbons (Fsp3) is 0.733. The number of carbonyl (C=O) groups is 4. The first kappa shape index (κ1) is 21.8. The highest BCUT2D eigenvalue weighted by atomic mass is 16.4. The lowest BCUT2D eigenvalue weighted by molar-refractivity contribution is -0.139. The molecule has 0 radical (unpaired) electrons. The number of carbonyl (C=O) groups excluding carboxylic acids is 1. The molecule has 1 saturated heterocycles. The first-order valence-electron chi connectivity index (χ1n) is 8.34. The molecule has 0 atom stereocenters. The van der Waals surface area contributed by atoms with Crippen LogP contribution in [0, 0.1) is 0 Å². The maximum Gasteiger partial charge on any atom is 0.407 e. The van der Waals surface area contributed by atoms with Crippen molar-refractivity contribution in [3.05, 3.63) is 0 Å². The molecule has 11 heteroatoms. The van der Waals surface area contributed by atoms with Crippen LogP contribution in [0.15, 0.2) is 0 Å². The van der Waals surface area contributed by atoms with Gasteiger partial charge in [0.05, 0.1) is 19.6 Å². The van der Waals surface area contributed by atoms with E-state index in [1.165, 1.54) is 0 Å². The molecule has 1 rings (SSSR count). The molecule has 0 unspecified atom stereocenters. The minimum absolute atomic E-state index is 0.122. The molecule has 1 heterocycles. The molecule has 1 amide bonds. The monoisotopic (exact) mass is 374 g/mol. The summed E-state index contributed by atoms with van der Waals surface area (Å²) in [7, 11) is 0. The minimum atomic E-state index is -1.13. The molecule has 3 N–H and O–H groups in total. The van der Waals surface area contributed by atoms with Gasteiger partial charge in [0.25, 0.3) is 0 Å². The second-order valence-electron chi connectivity index (χ2n) is 6.08. The van der Waals surface area contributed by atoms with E-state index in [0.717, 1.165) is 11.2 Å². The first-order valence-corrected chi connectivity index (χ1v) is 8.34. The van der Waals surface area contributed by atoms with Crippen LogP contribution in [0.25, 0.3) is 0 Å². The van der Waals surface area contributed by atoms with Gasteiger partial charge in [-0.3, -0.25) is 24.3 Å². The van der Waals surface area contributed by atoms with Gasteiger partial charge in [0.15, 0.2) is 0 Å². The van der Waals surface area contributed by atoms with Crippen LogP contribution in [0.3, 0.4) is 0 Å². The summed E-state index contributed by atoms with van der Waals surface area (Å²) in [5.41, 5.74) is 0. The summed E-state index contributed by atoms with van der Waals surface area (Å²) in [5, 5.41) is 27.3. The Bertz CT molecular complexity index is 470. The third-order valence-corrected chi connectivity index (χ3v) is 4.16. The summed E-state index contributed by atoms with van der Waals surface area (Å²) >= 11 is 0. The predicted molar refractivity (Wildman–Crippen MR) is 90.3 cm³/mol. The molecule has 0 aliphatic carbocycles. The van der Waals surface area contributed by atoms with Crippen molar-refractivity contribution in [3.63, 3.8) is 0 Å². The normalized spacial score (nSPS) is 19.3. The van der Waals surface area contributed by atoms with E-state index in [0.29, 0.717) is 26.2 Å². The number of hydrogen-bond acceptors (Lipinski definition) is 7. The van der Waals surface area contributed by atoms with Gasteiger partial charge >= 0.3 is 18.0 Å². The van der Waals surface area contributed by atoms with Crippen LogP contribution in [0.5, 0.6) is 0 Å². The van der Waals surface area contributed by atoms with Gasteiger partial charge in [-0.1, -0.05) is 0 Å². The molecule has 0 aromatic rings. The summed E-state index contributed by atoms with van der Waals surface area (Å²) in [5.74, 6) is -2.01. The summed E-state index contributed by atoms with van der Waals surface area (Å²) < 4.78 is 0. The topological polar surface area (TPSA) is 142 Å². The largest absolute Gasteiger partial charge is 0.480 e. The molecule has 11 nitrogen and oxygen atoms in total. The number of rotatable bonds is 6. The Kier molecular flexibility index (Phi) is 9.55. The van der Waals surface area contributed by atoms with Gasteiger partial charge in [-0.15, -0.1) is 0 Å². The molecule has 0 aromatic carbocycles. The number of hydrogen-bond donors (Lipinski definition) is 3. The molecule has 26 heavy (non-hydrogen) atoms. The van der Waals surface area contributed by atoms with E-state index in [1.54, 1.807) is 9.80 Å². The van der Waals surface area contributed by atoms with Crippen LogP contribution in [-0.2, 0) is 14.4 Å². The van der Waals surface area contributed by atoms with Gasteiger partial charge in [-0.05, 0) is 0 Å². The number of amides is 1. The zero-order chi connectivity index (χ0) is 19.5. The maximum absolute atomic E-state index is 11.4. The fourth-order valence-corrected chi connectivity index (χ4v) is 2.72. The van der Waals surface area contributed by atoms with Crippen LogP contribution >= 0.6 is 0 Å². The Balaban J connectivity index is 2.86. The number of carboxylic acid groups (broad SMARTS) is 3. The molecule has 0 saturated carbocycles. The molecular formula is C15H26N4O7. The van der Waals surface area contributed by atoms with E-state index >= 15 is 0 Å². The van der Waals surface area contributed by atoms with Crippen molar-refractivity contribution in [1.82, 2.24) is 19.6 Å². The van der Waals surface area contributed by atoms with E-state index < -0.39 is 18.0 Å². The zero-order valence-corrected chi connectivity index (χ0v) is 14.6. The Morgan fingerprint density at radius 1 is 0.692 bits per heavy atom. The van der Waals surface area contributed by atoms with Crippen LogP contribution in [0.1, 0.15) is 0 Å². The van der Waals surface area contributed by atoms with Gasteiger partial charge in [0.1, 0.15) is 6.29 Å². The van der Waals surface area contributed by atoms with Gasteiger partial charge in [0, 0.05) is 52.4 Å². The van der Waals surface area contributed by atoms with Crippen molar-refractivity contribution in [1.29, 1.82) is 0 Å². The van der Waals surface area contributed by atoms with Gasteiger partial charge in [-0.2, -0.15) is 0 Å². The van der Waals surface area contributed by atoms with Crippen LogP contribution in [-0.4, -0.2) is 131 Å². The summed E-state index contributed by atoms with van der Waals surface area (Å²) in [6, 6.07) is 0. The average molecular weight is 374 g/mol. The van der Waals surface area contributed by atoms with Crippen molar-refractivity contribution < 1.29 is 34.5 Å². The third-order valence-electron chi connectivity index (χ3n) is 4.16. The molecular weight excluding hydrogens is 348 g/mol. The molecule has 0 bridgehead atoms. The molecule has 1 aliphatic rings. The molecule has 0 aromatic heterocycles. The molecule has 0 spiro atoms. The van der Waals surface area contributed by atoms with E-state index in [4.69, 9.17) is 10.2 Å². The fourth-order valence-electron chi connectivity index (χ4n) is 2.72. The number of nitrogens with zero attached hydrogens (tertiary/aromatic N) is 4. The number of carboxylic acids is 2. The smallest absolute Gasteiger partial charge is 0.407 e.